The zero-order valence-electron chi connectivity index (χ0n) is 13.9. The summed E-state index contributed by atoms with van der Waals surface area (Å²) < 4.78 is 0. The molecule has 1 N–H and O–H groups in total. The van der Waals surface area contributed by atoms with Crippen LogP contribution in [-0.4, -0.2) is 12.1 Å². The number of rotatable bonds is 2. The van der Waals surface area contributed by atoms with Crippen molar-refractivity contribution in [3.8, 4) is 0 Å². The van der Waals surface area contributed by atoms with Crippen LogP contribution in [-0.2, 0) is 0 Å². The van der Waals surface area contributed by atoms with Crippen LogP contribution in [0.15, 0.2) is 42.6 Å². The minimum absolute atomic E-state index is 1.18. The van der Waals surface area contributed by atoms with Gasteiger partial charge in [-0.3, -0.25) is 10.0 Å². The third-order valence-corrected chi connectivity index (χ3v) is 4.17. The maximum atomic E-state index is 3.42. The molecular formula is C19H23N3. The van der Waals surface area contributed by atoms with Gasteiger partial charge in [0.25, 0.3) is 0 Å². The Bertz CT molecular complexity index is 723. The van der Waals surface area contributed by atoms with Crippen LogP contribution in [0.2, 0.25) is 0 Å². The van der Waals surface area contributed by atoms with Crippen LogP contribution < -0.4 is 10.5 Å². The predicted octanol–water partition coefficient (Wildman–Crippen LogP) is 4.09. The Hall–Kier alpha value is -2.26. The van der Waals surface area contributed by atoms with E-state index < -0.39 is 0 Å². The zero-order chi connectivity index (χ0) is 15.9. The van der Waals surface area contributed by atoms with E-state index in [4.69, 9.17) is 0 Å². The topological polar surface area (TPSA) is 18.5 Å². The Kier molecular flexibility index (Phi) is 3.67. The standard InChI is InChI=1S/C19H23N3/c1-13-10-15(3)19(16(4)11-13)22-12-18(21(5)20-22)17-9-7-6-8-14(17)2/h6-12,20H,1-5H3. The second kappa shape index (κ2) is 5.50. The molecular weight excluding hydrogens is 270 g/mol. The number of hydrogen-bond acceptors (Lipinski definition) is 3. The average molecular weight is 293 g/mol. The van der Waals surface area contributed by atoms with Gasteiger partial charge in [-0.05, 0) is 44.4 Å². The summed E-state index contributed by atoms with van der Waals surface area (Å²) >= 11 is 0. The Labute approximate surface area is 132 Å². The molecule has 3 nitrogen and oxygen atoms in total. The van der Waals surface area contributed by atoms with Crippen LogP contribution in [0.4, 0.5) is 5.69 Å². The molecule has 0 amide bonds. The van der Waals surface area contributed by atoms with Gasteiger partial charge in [-0.25, -0.2) is 0 Å². The van der Waals surface area contributed by atoms with E-state index in [2.05, 4.69) is 92.9 Å². The molecule has 1 heterocycles. The van der Waals surface area contributed by atoms with E-state index >= 15 is 0 Å². The fraction of sp³-hybridized carbons (Fsp3) is 0.263. The Morgan fingerprint density at radius 3 is 2.14 bits per heavy atom. The summed E-state index contributed by atoms with van der Waals surface area (Å²) in [6.45, 7) is 8.62. The van der Waals surface area contributed by atoms with Crippen molar-refractivity contribution in [2.75, 3.05) is 12.1 Å². The second-order valence-corrected chi connectivity index (χ2v) is 6.11. The largest absolute Gasteiger partial charge is 0.291 e. The van der Waals surface area contributed by atoms with Gasteiger partial charge in [-0.2, -0.15) is 0 Å². The molecule has 1 aliphatic heterocycles. The van der Waals surface area contributed by atoms with Crippen molar-refractivity contribution in [1.82, 2.24) is 10.5 Å². The van der Waals surface area contributed by atoms with Crippen molar-refractivity contribution in [3.63, 3.8) is 0 Å². The monoisotopic (exact) mass is 293 g/mol. The van der Waals surface area contributed by atoms with Crippen molar-refractivity contribution in [1.29, 1.82) is 0 Å². The first-order valence-corrected chi connectivity index (χ1v) is 7.62. The number of hydrogen-bond donors (Lipinski definition) is 1. The molecule has 0 saturated carbocycles. The van der Waals surface area contributed by atoms with E-state index in [9.17, 15) is 0 Å². The maximum absolute atomic E-state index is 3.42. The molecule has 1 aliphatic rings. The van der Waals surface area contributed by atoms with Gasteiger partial charge < -0.3 is 0 Å². The molecule has 0 fully saturated rings. The molecule has 2 aromatic rings. The maximum Gasteiger partial charge on any atom is 0.0788 e. The van der Waals surface area contributed by atoms with Gasteiger partial charge in [0.15, 0.2) is 0 Å². The van der Waals surface area contributed by atoms with Gasteiger partial charge >= 0.3 is 0 Å². The first-order valence-electron chi connectivity index (χ1n) is 7.62. The second-order valence-electron chi connectivity index (χ2n) is 6.11. The Morgan fingerprint density at radius 2 is 1.50 bits per heavy atom. The SMILES string of the molecule is Cc1cc(C)c(N2C=C(c3ccccc3C)N(C)N2)c(C)c1. The van der Waals surface area contributed by atoms with E-state index in [-0.39, 0.29) is 0 Å². The molecule has 0 saturated heterocycles. The molecule has 0 aliphatic carbocycles. The summed E-state index contributed by atoms with van der Waals surface area (Å²) in [4.78, 5) is 0. The number of nitrogens with zero attached hydrogens (tertiary/aromatic N) is 2. The van der Waals surface area contributed by atoms with Crippen LogP contribution >= 0.6 is 0 Å². The summed E-state index contributed by atoms with van der Waals surface area (Å²) in [5, 5.41) is 4.19. The number of benzene rings is 2. The van der Waals surface area contributed by atoms with Crippen LogP contribution in [0.1, 0.15) is 27.8 Å². The van der Waals surface area contributed by atoms with E-state index in [0.717, 1.165) is 0 Å². The average Bonchev–Trinajstić information content (AvgIpc) is 2.79. The number of aryl methyl sites for hydroxylation is 4. The third-order valence-electron chi connectivity index (χ3n) is 4.17. The van der Waals surface area contributed by atoms with E-state index in [0.29, 0.717) is 0 Å². The summed E-state index contributed by atoms with van der Waals surface area (Å²) in [7, 11) is 2.05. The zero-order valence-corrected chi connectivity index (χ0v) is 13.9. The molecule has 0 spiro atoms. The van der Waals surface area contributed by atoms with Crippen molar-refractivity contribution >= 4 is 11.4 Å². The molecule has 0 atom stereocenters. The number of anilines is 1. The van der Waals surface area contributed by atoms with Gasteiger partial charge in [-0.1, -0.05) is 42.0 Å². The highest BCUT2D eigenvalue weighted by Gasteiger charge is 2.22. The lowest BCUT2D eigenvalue weighted by Gasteiger charge is -2.24. The van der Waals surface area contributed by atoms with Gasteiger partial charge in [0.2, 0.25) is 0 Å². The van der Waals surface area contributed by atoms with Crippen molar-refractivity contribution in [2.24, 2.45) is 0 Å². The number of nitrogens with one attached hydrogen (secondary N) is 1. The van der Waals surface area contributed by atoms with Gasteiger partial charge in [0.05, 0.1) is 11.4 Å². The minimum atomic E-state index is 1.18. The molecule has 0 radical (unpaired) electrons. The highest BCUT2D eigenvalue weighted by molar-refractivity contribution is 5.73. The van der Waals surface area contributed by atoms with E-state index in [1.807, 2.05) is 0 Å². The van der Waals surface area contributed by atoms with Crippen LogP contribution in [0.25, 0.3) is 5.70 Å². The number of hydrazine groups is 2. The smallest absolute Gasteiger partial charge is 0.0788 e. The van der Waals surface area contributed by atoms with Crippen molar-refractivity contribution < 1.29 is 0 Å². The highest BCUT2D eigenvalue weighted by atomic mass is 15.8. The lowest BCUT2D eigenvalue weighted by molar-refractivity contribution is 0.375. The fourth-order valence-corrected chi connectivity index (χ4v) is 3.23. The molecule has 2 aromatic carbocycles. The molecule has 0 unspecified atom stereocenters. The van der Waals surface area contributed by atoms with Crippen molar-refractivity contribution in [3.05, 3.63) is 70.4 Å². The summed E-state index contributed by atoms with van der Waals surface area (Å²) in [5.41, 5.74) is 12.2. The van der Waals surface area contributed by atoms with Crippen molar-refractivity contribution in [2.45, 2.75) is 27.7 Å². The van der Waals surface area contributed by atoms with Gasteiger partial charge in [0, 0.05) is 18.8 Å². The molecule has 22 heavy (non-hydrogen) atoms. The molecule has 114 valence electrons. The minimum Gasteiger partial charge on any atom is -0.291 e. The lowest BCUT2D eigenvalue weighted by Crippen LogP contribution is -2.38. The normalized spacial score (nSPS) is 14.5. The Morgan fingerprint density at radius 1 is 0.864 bits per heavy atom. The molecule has 3 rings (SSSR count). The van der Waals surface area contributed by atoms with E-state index in [1.54, 1.807) is 0 Å². The fourth-order valence-electron chi connectivity index (χ4n) is 3.23. The molecule has 3 heteroatoms. The Balaban J connectivity index is 2.04. The summed E-state index contributed by atoms with van der Waals surface area (Å²) in [5.74, 6) is 0. The first kappa shape index (κ1) is 14.7. The first-order chi connectivity index (χ1) is 10.5. The molecule has 0 bridgehead atoms. The summed E-state index contributed by atoms with van der Waals surface area (Å²) in [6.07, 6.45) is 2.17. The van der Waals surface area contributed by atoms with Crippen LogP contribution in [0.3, 0.4) is 0 Å². The predicted molar refractivity (Wildman–Crippen MR) is 93.2 cm³/mol. The van der Waals surface area contributed by atoms with Crippen LogP contribution in [0.5, 0.6) is 0 Å². The summed E-state index contributed by atoms with van der Waals surface area (Å²) in [6, 6.07) is 12.9. The highest BCUT2D eigenvalue weighted by Crippen LogP contribution is 2.31. The quantitative estimate of drug-likeness (QED) is 0.899. The van der Waals surface area contributed by atoms with Gasteiger partial charge in [0.1, 0.15) is 0 Å². The lowest BCUT2D eigenvalue weighted by atomic mass is 10.0. The molecule has 0 aromatic heterocycles. The van der Waals surface area contributed by atoms with Gasteiger partial charge in [-0.15, -0.1) is 5.53 Å². The van der Waals surface area contributed by atoms with E-state index in [1.165, 1.54) is 39.2 Å². The third kappa shape index (κ3) is 2.48. The van der Waals surface area contributed by atoms with Crippen LogP contribution in [0, 0.1) is 27.7 Å².